The molecule has 0 radical (unpaired) electrons. The molecule has 0 heterocycles. The normalized spacial score (nSPS) is 11.9. The number of hydrogen-bond acceptors (Lipinski definition) is 14. The van der Waals surface area contributed by atoms with Crippen molar-refractivity contribution in [3.05, 3.63) is 322 Å². The maximum absolute atomic E-state index is 10.7. The van der Waals surface area contributed by atoms with Gasteiger partial charge in [-0.1, -0.05) is 389 Å². The Morgan fingerprint density at radius 3 is 0.917 bits per heavy atom. The Hall–Kier alpha value is -8.56. The molecular formula is C111H144BrCl2N5O10P2Pd. The van der Waals surface area contributed by atoms with Crippen LogP contribution in [0.2, 0.25) is 0 Å². The predicted molar refractivity (Wildman–Crippen MR) is 555 cm³/mol. The molecule has 0 aliphatic heterocycles. The van der Waals surface area contributed by atoms with Gasteiger partial charge in [0.1, 0.15) is 11.2 Å². The van der Waals surface area contributed by atoms with E-state index in [0.29, 0.717) is 31.2 Å². The van der Waals surface area contributed by atoms with Gasteiger partial charge in [0.15, 0.2) is 0 Å². The fraction of sp³-hybridized carbons (Fsp3) is 0.387. The van der Waals surface area contributed by atoms with E-state index in [1.807, 2.05) is 119 Å². The molecular weight excluding hydrogens is 1880 g/mol. The summed E-state index contributed by atoms with van der Waals surface area (Å²) in [6.45, 7) is 20.2. The van der Waals surface area contributed by atoms with Gasteiger partial charge in [-0.15, -0.1) is 6.42 Å². The quantitative estimate of drug-likeness (QED) is 0.00571. The van der Waals surface area contributed by atoms with Crippen molar-refractivity contribution < 1.29 is 67.0 Å². The number of aryl methyl sites for hydroxylation is 2. The monoisotopic (exact) mass is 2020 g/mol. The van der Waals surface area contributed by atoms with Crippen LogP contribution in [0.25, 0.3) is 0 Å². The molecule has 0 aromatic heterocycles. The fourth-order valence-electron chi connectivity index (χ4n) is 14.1. The topological polar surface area (TPSA) is 324 Å². The molecule has 5 atom stereocenters. The van der Waals surface area contributed by atoms with Crippen LogP contribution in [0, 0.1) is 63.6 Å². The minimum atomic E-state index is -0.940. The van der Waals surface area contributed by atoms with Crippen molar-refractivity contribution in [1.29, 1.82) is 21.2 Å². The molecule has 13 N–H and O–H groups in total. The van der Waals surface area contributed by atoms with E-state index in [4.69, 9.17) is 62.6 Å². The minimum absolute atomic E-state index is 0.0156. The number of aliphatic hydroxyl groups is 10. The molecule has 0 amide bonds. The van der Waals surface area contributed by atoms with E-state index >= 15 is 0 Å². The summed E-state index contributed by atoms with van der Waals surface area (Å²) in [6, 6.07) is 100. The van der Waals surface area contributed by atoms with Crippen LogP contribution in [-0.4, -0.2) is 92.5 Å². The molecule has 0 saturated carbocycles. The number of benzene rings is 10. The molecule has 0 bridgehead atoms. The summed E-state index contributed by atoms with van der Waals surface area (Å²) in [6.07, 6.45) is 18.3. The van der Waals surface area contributed by atoms with Crippen LogP contribution in [0.3, 0.4) is 0 Å². The standard InChI is InChI=1S/C18H30N2O2.C18H27NO2.C18H23NO2.2C18H15P.C9H8BrNO.C8H14O.2C2H6O.2ClH.Pd/c1-3-9-18(22,10-4-2)11-8-14-6-5-7-15(12-14)16(21)13-17(19)20;2*1-3-10-18(21,11-4-2)12-8-15-6-5-7-16(14-15)17(20)9-13-19;2*1-4-10-16(11-5-1)19(17-12-6-2-7-13-17)18-14-8-3-9-15-18;10-8-3-1-2-7(6-8)9(12)4-5-11;1-4-7-8(9,5-2)6-3;2*1-2-3;;;/h5-7,12,16,21-22H,3-4,8-11,13H2,1-2H3,(H3,19,20);5-7,14,17,20-21H,3-4,8-12H2,1-2H3;5-7,14,17,20-21H,3-4,9-11H2,1-2H3;2*1-15H;1-3,6,9,12H,4H2;2,9H,4,6-7H2,1,3H3;2*3H,2H2,1H3;2*1H;/q;;;;;;;;;;;+2/p-2. The summed E-state index contributed by atoms with van der Waals surface area (Å²) in [5.74, 6) is 8.34. The summed E-state index contributed by atoms with van der Waals surface area (Å²) < 4.78 is 0.914. The zero-order chi connectivity index (χ0) is 98.3. The van der Waals surface area contributed by atoms with Crippen molar-refractivity contribution in [3.8, 4) is 42.4 Å². The first-order chi connectivity index (χ1) is 63.5. The number of terminal acetylenes is 1. The molecule has 714 valence electrons. The third kappa shape index (κ3) is 51.8. The Labute approximate surface area is 817 Å². The number of nitrogens with zero attached hydrogens (tertiary/aromatic N) is 3. The molecule has 10 aromatic rings. The zero-order valence-corrected chi connectivity index (χ0v) is 85.3. The second-order valence-electron chi connectivity index (χ2n) is 31.4. The van der Waals surface area contributed by atoms with Gasteiger partial charge >= 0.3 is 35.0 Å². The van der Waals surface area contributed by atoms with Crippen LogP contribution in [0.1, 0.15) is 267 Å². The third-order valence-corrected chi connectivity index (χ3v) is 25.8. The van der Waals surface area contributed by atoms with E-state index in [1.54, 1.807) is 38.1 Å². The van der Waals surface area contributed by atoms with Crippen molar-refractivity contribution in [1.82, 2.24) is 0 Å². The molecule has 5 unspecified atom stereocenters. The number of halogens is 3. The molecule has 0 saturated heterocycles. The number of nitrogens with two attached hydrogens (primary N) is 1. The molecule has 132 heavy (non-hydrogen) atoms. The van der Waals surface area contributed by atoms with E-state index in [-0.39, 0.29) is 60.7 Å². The van der Waals surface area contributed by atoms with Crippen LogP contribution in [0.15, 0.2) is 284 Å². The van der Waals surface area contributed by atoms with Crippen molar-refractivity contribution in [2.24, 2.45) is 5.73 Å². The van der Waals surface area contributed by atoms with E-state index < -0.39 is 62.7 Å². The van der Waals surface area contributed by atoms with Gasteiger partial charge in [-0.2, -0.15) is 15.8 Å². The first-order valence-electron chi connectivity index (χ1n) is 45.6. The maximum Gasteiger partial charge on any atom is -0.0134 e. The van der Waals surface area contributed by atoms with E-state index in [0.717, 1.165) is 134 Å². The Balaban J connectivity index is 0.000000767. The van der Waals surface area contributed by atoms with Crippen molar-refractivity contribution in [3.63, 3.8) is 0 Å². The SMILES string of the molecule is C#CC(O)(CC)CCC.CCCC(O)(C#Cc1cccc(C(O)CC#N)c1)CCC.CCCC(O)(CCC)CCc1cccc(C(O)CC#N)c1.CCCC(O)(CCC)CCc1cccc(C(O)CC(=N)N)c1.CCO.CCO.N#CCC(O)c1cccc(Br)c1.[Cl][Pd][Cl].c1ccc(P(c2ccccc2)c2ccccc2)cc1.c1ccc(P(c2ccccc2)c2ccccc2)cc1. The molecule has 0 aliphatic rings. The number of rotatable bonds is 36. The second-order valence-corrected chi connectivity index (χ2v) is 39.1. The summed E-state index contributed by atoms with van der Waals surface area (Å²) in [5.41, 5.74) is 8.36. The Morgan fingerprint density at radius 2 is 0.659 bits per heavy atom. The number of hydrogen-bond donors (Lipinski definition) is 12. The van der Waals surface area contributed by atoms with Crippen LogP contribution in [-0.2, 0) is 28.8 Å². The minimum Gasteiger partial charge on any atom is -0.0622 e. The summed E-state index contributed by atoms with van der Waals surface area (Å²) >= 11 is 3.18. The zero-order valence-electron chi connectivity index (χ0n) is 78.9. The third-order valence-electron chi connectivity index (χ3n) is 20.4. The smallest absolute Gasteiger partial charge is 0.0134 e. The molecule has 21 heteroatoms. The summed E-state index contributed by atoms with van der Waals surface area (Å²) in [7, 11) is 8.74. The van der Waals surface area contributed by atoms with Gasteiger partial charge in [-0.3, -0.25) is 5.41 Å². The van der Waals surface area contributed by atoms with E-state index in [1.165, 1.54) is 31.8 Å². The fourth-order valence-corrected chi connectivity index (χ4v) is 19.2. The van der Waals surface area contributed by atoms with Gasteiger partial charge in [0, 0.05) is 29.7 Å². The number of nitriles is 3. The van der Waals surface area contributed by atoms with Crippen molar-refractivity contribution in [2.75, 3.05) is 13.2 Å². The van der Waals surface area contributed by atoms with Crippen molar-refractivity contribution in [2.45, 2.75) is 264 Å². The number of aliphatic hydroxyl groups excluding tert-OH is 6. The average molecular weight is 2030 g/mol. The summed E-state index contributed by atoms with van der Waals surface area (Å²) in [4.78, 5) is 0. The van der Waals surface area contributed by atoms with Gasteiger partial charge in [-0.05, 0) is 196 Å². The molecule has 15 nitrogen and oxygen atoms in total. The Kier molecular flexibility index (Phi) is 67.9. The first kappa shape index (κ1) is 121. The second kappa shape index (κ2) is 73.8. The van der Waals surface area contributed by atoms with Gasteiger partial charge in [-0.25, -0.2) is 0 Å². The summed E-state index contributed by atoms with van der Waals surface area (Å²) in [5, 5.41) is 137. The Bertz CT molecular complexity index is 4560. The van der Waals surface area contributed by atoms with Crippen LogP contribution >= 0.6 is 50.8 Å². The molecule has 0 aliphatic carbocycles. The van der Waals surface area contributed by atoms with Crippen molar-refractivity contribution >= 4 is 88.5 Å². The molecule has 10 rings (SSSR count). The number of amidine groups is 1. The van der Waals surface area contributed by atoms with Crippen LogP contribution in [0.5, 0.6) is 0 Å². The van der Waals surface area contributed by atoms with Gasteiger partial charge in [0.05, 0.1) is 78.9 Å². The van der Waals surface area contributed by atoms with Gasteiger partial charge < -0.3 is 56.8 Å². The maximum atomic E-state index is 10.7. The predicted octanol–water partition coefficient (Wildman–Crippen LogP) is 22.7. The van der Waals surface area contributed by atoms with Gasteiger partial charge in [0.2, 0.25) is 0 Å². The van der Waals surface area contributed by atoms with Crippen LogP contribution in [0.4, 0.5) is 0 Å². The van der Waals surface area contributed by atoms with Gasteiger partial charge in [0.25, 0.3) is 0 Å². The average Bonchev–Trinajstić information content (AvgIpc) is 0.816. The number of nitrogens with one attached hydrogen (secondary N) is 1. The Morgan fingerprint density at radius 1 is 0.394 bits per heavy atom. The van der Waals surface area contributed by atoms with E-state index in [2.05, 4.69) is 243 Å². The largest absolute Gasteiger partial charge is 0.0622 e. The molecule has 10 aromatic carbocycles. The first-order valence-corrected chi connectivity index (χ1v) is 53.1. The van der Waals surface area contributed by atoms with Crippen LogP contribution < -0.4 is 37.6 Å². The molecule has 0 fully saturated rings. The molecule has 0 spiro atoms. The van der Waals surface area contributed by atoms with E-state index in [9.17, 15) is 40.9 Å².